The van der Waals surface area contributed by atoms with Crippen molar-refractivity contribution in [3.05, 3.63) is 327 Å². The topological polar surface area (TPSA) is 171 Å². The molecule has 0 spiro atoms. The second kappa shape index (κ2) is 61.0. The third-order valence-corrected chi connectivity index (χ3v) is 22.4. The molecule has 13 heteroatoms. The molecular formula is C114H138F3NO9. The summed E-state index contributed by atoms with van der Waals surface area (Å²) in [5.41, 5.74) is 18.2. The van der Waals surface area contributed by atoms with Gasteiger partial charge in [-0.05, 0) is 247 Å². The summed E-state index contributed by atoms with van der Waals surface area (Å²) >= 11 is 0. The highest BCUT2D eigenvalue weighted by Crippen LogP contribution is 2.30. The number of esters is 3. The second-order valence-corrected chi connectivity index (χ2v) is 32.8. The lowest BCUT2D eigenvalue weighted by atomic mass is 10.00. The first-order chi connectivity index (χ1) is 61.4. The molecular weight excluding hydrogens is 1580 g/mol. The van der Waals surface area contributed by atoms with Gasteiger partial charge in [0.1, 0.15) is 0 Å². The number of unbranched alkanes of at least 4 members (excludes halogenated alkanes) is 22. The summed E-state index contributed by atoms with van der Waals surface area (Å²) in [5, 5.41) is 16.6. The zero-order valence-corrected chi connectivity index (χ0v) is 76.8. The lowest BCUT2D eigenvalue weighted by Gasteiger charge is -2.09. The van der Waals surface area contributed by atoms with Gasteiger partial charge in [-0.25, -0.2) is 32.3 Å². The molecule has 0 saturated heterocycles. The molecule has 11 aromatic rings. The van der Waals surface area contributed by atoms with E-state index < -0.39 is 41.3 Å². The number of aryl methyl sites for hydroxylation is 7. The molecule has 0 bridgehead atoms. The Kier molecular flexibility index (Phi) is 50.1. The van der Waals surface area contributed by atoms with Gasteiger partial charge in [0, 0.05) is 6.42 Å². The minimum atomic E-state index is -0.883. The number of carbonyl (C=O) groups excluding carboxylic acids is 3. The van der Waals surface area contributed by atoms with Crippen molar-refractivity contribution in [1.82, 2.24) is 0 Å². The Labute approximate surface area is 757 Å². The summed E-state index contributed by atoms with van der Waals surface area (Å²) in [7, 11) is 0. The highest BCUT2D eigenvalue weighted by atomic mass is 19.1. The van der Waals surface area contributed by atoms with E-state index in [2.05, 4.69) is 114 Å². The summed E-state index contributed by atoms with van der Waals surface area (Å²) in [5.74, 6) is -4.13. The van der Waals surface area contributed by atoms with Gasteiger partial charge in [0.15, 0.2) is 34.7 Å². The molecule has 0 fully saturated rings. The lowest BCUT2D eigenvalue weighted by Crippen LogP contribution is -2.09. The molecule has 0 unspecified atom stereocenters. The monoisotopic (exact) mass is 1720 g/mol. The van der Waals surface area contributed by atoms with Gasteiger partial charge < -0.3 is 24.8 Å². The number of carboxylic acids is 1. The first-order valence-electron chi connectivity index (χ1n) is 46.8. The van der Waals surface area contributed by atoms with Crippen LogP contribution in [0.2, 0.25) is 0 Å². The zero-order valence-electron chi connectivity index (χ0n) is 76.8. The fourth-order valence-electron chi connectivity index (χ4n) is 14.6. The molecule has 11 aromatic carbocycles. The molecule has 674 valence electrons. The number of carbonyl (C=O) groups is 4. The first kappa shape index (κ1) is 104. The summed E-state index contributed by atoms with van der Waals surface area (Å²) in [4.78, 5) is 48.4. The molecule has 0 aliphatic carbocycles. The Hall–Kier alpha value is -11.5. The first-order valence-corrected chi connectivity index (χ1v) is 46.8. The maximum absolute atomic E-state index is 14.4. The predicted molar refractivity (Wildman–Crippen MR) is 518 cm³/mol. The van der Waals surface area contributed by atoms with Crippen molar-refractivity contribution < 1.29 is 57.1 Å². The molecule has 0 saturated carbocycles. The van der Waals surface area contributed by atoms with Gasteiger partial charge in [0.05, 0.1) is 28.3 Å². The molecule has 11 rings (SSSR count). The van der Waals surface area contributed by atoms with Crippen molar-refractivity contribution in [2.75, 3.05) is 0 Å². The second-order valence-electron chi connectivity index (χ2n) is 32.8. The summed E-state index contributed by atoms with van der Waals surface area (Å²) < 4.78 is 59.0. The minimum absolute atomic E-state index is 0. The minimum Gasteiger partial charge on any atom is -0.478 e. The SMILES string of the molecule is CCC#N.CCCCCCCCCc1ccc(-c2ccc(C(=O)O)cc2)cc1.CCCCCCCCc1ccc(-c2ccc(C(=O)Oc3ccc(CCCCC)cc3F)cc2)cc1.CCCCCCCCc1ccc(-c2ccc(C(=O)Oc3ccc(CCCCC)cc3F)cc2)cc1.CCCCCc1ccc(OC(=O)c2ccc(-c3ccc(C)cc3)cc2)c(F)c1.O. The maximum atomic E-state index is 14.4. The lowest BCUT2D eigenvalue weighted by molar-refractivity contribution is 0.0691. The Morgan fingerprint density at radius 3 is 0.669 bits per heavy atom. The number of aromatic carboxylic acids is 1. The van der Waals surface area contributed by atoms with E-state index in [1.54, 1.807) is 60.7 Å². The van der Waals surface area contributed by atoms with E-state index >= 15 is 0 Å². The zero-order chi connectivity index (χ0) is 90.3. The smallest absolute Gasteiger partial charge is 0.343 e. The van der Waals surface area contributed by atoms with Crippen LogP contribution in [0.4, 0.5) is 13.2 Å². The Bertz CT molecular complexity index is 4810. The number of halogens is 3. The summed E-state index contributed by atoms with van der Waals surface area (Å²) in [6, 6.07) is 79.4. The van der Waals surface area contributed by atoms with Crippen LogP contribution < -0.4 is 14.2 Å². The van der Waals surface area contributed by atoms with Crippen LogP contribution in [-0.4, -0.2) is 34.5 Å². The van der Waals surface area contributed by atoms with Crippen molar-refractivity contribution in [3.8, 4) is 67.8 Å². The molecule has 0 atom stereocenters. The highest BCUT2D eigenvalue weighted by molar-refractivity contribution is 5.93. The standard InChI is InChI=1S/2C32H39FO2.C25H25FO2.C22H28O2.C3H5N.H2O/c2*1-3-5-7-8-9-11-12-25-14-17-27(18-15-25)28-19-21-29(22-20-28)32(34)35-31-23-16-26(24-30(31)33)13-10-6-4-2;1-3-4-5-6-19-9-16-24(23(26)17-19)28-25(27)22-14-12-21(13-15-22)20-10-7-18(2)8-11-20;1-2-3-4-5-6-7-8-9-18-10-12-19(13-11-18)20-14-16-21(17-15-20)22(23)24;1-2-3-4;/h2*14-24H,3-13H2,1-2H3;7-17H,3-6H2,1-2H3;10-17H,2-9H2,1H3,(H,23,24);2H2,1H3;1H2. The number of nitrogens with zero attached hydrogens (tertiary/aromatic N) is 1. The molecule has 0 aliphatic rings. The van der Waals surface area contributed by atoms with E-state index in [-0.39, 0.29) is 22.7 Å². The molecule has 3 N–H and O–H groups in total. The van der Waals surface area contributed by atoms with Gasteiger partial charge >= 0.3 is 23.9 Å². The maximum Gasteiger partial charge on any atom is 0.343 e. The molecule has 127 heavy (non-hydrogen) atoms. The molecule has 0 heterocycles. The van der Waals surface area contributed by atoms with Gasteiger partial charge in [-0.2, -0.15) is 5.26 Å². The van der Waals surface area contributed by atoms with Gasteiger partial charge in [0.25, 0.3) is 0 Å². The molecule has 10 nitrogen and oxygen atoms in total. The summed E-state index contributed by atoms with van der Waals surface area (Å²) in [6.45, 7) is 17.0. The Morgan fingerprint density at radius 1 is 0.268 bits per heavy atom. The Balaban J connectivity index is 0.000000259. The van der Waals surface area contributed by atoms with Crippen LogP contribution in [-0.2, 0) is 38.5 Å². The number of hydrogen-bond donors (Lipinski definition) is 1. The fraction of sp³-hybridized carbons (Fsp3) is 0.377. The molecule has 0 radical (unpaired) electrons. The van der Waals surface area contributed by atoms with Gasteiger partial charge in [-0.15, -0.1) is 0 Å². The molecule has 0 amide bonds. The van der Waals surface area contributed by atoms with Crippen LogP contribution >= 0.6 is 0 Å². The number of benzene rings is 11. The van der Waals surface area contributed by atoms with Gasteiger partial charge in [-0.1, -0.05) is 359 Å². The largest absolute Gasteiger partial charge is 0.478 e. The van der Waals surface area contributed by atoms with E-state index in [0.29, 0.717) is 28.7 Å². The molecule has 0 aliphatic heterocycles. The van der Waals surface area contributed by atoms with Crippen LogP contribution in [0.3, 0.4) is 0 Å². The average Bonchev–Trinajstić information content (AvgIpc) is 0.816. The van der Waals surface area contributed by atoms with Gasteiger partial charge in [-0.3, -0.25) is 0 Å². The number of ether oxygens (including phenoxy) is 3. The third kappa shape index (κ3) is 39.1. The van der Waals surface area contributed by atoms with Crippen molar-refractivity contribution in [2.24, 2.45) is 0 Å². The van der Waals surface area contributed by atoms with Crippen LogP contribution in [0.1, 0.15) is 315 Å². The van der Waals surface area contributed by atoms with E-state index in [0.717, 1.165) is 158 Å². The van der Waals surface area contributed by atoms with E-state index in [1.807, 2.05) is 111 Å². The number of nitriles is 1. The van der Waals surface area contributed by atoms with Gasteiger partial charge in [0.2, 0.25) is 0 Å². The normalized spacial score (nSPS) is 10.6. The number of rotatable bonds is 45. The van der Waals surface area contributed by atoms with Crippen LogP contribution in [0.15, 0.2) is 249 Å². The fourth-order valence-corrected chi connectivity index (χ4v) is 14.6. The van der Waals surface area contributed by atoms with E-state index in [9.17, 15) is 32.3 Å². The van der Waals surface area contributed by atoms with Crippen molar-refractivity contribution in [2.45, 2.75) is 280 Å². The molecule has 0 aromatic heterocycles. The van der Waals surface area contributed by atoms with Crippen LogP contribution in [0, 0.1) is 35.7 Å². The van der Waals surface area contributed by atoms with Crippen molar-refractivity contribution >= 4 is 23.9 Å². The number of carboxylic acid groups (broad SMARTS) is 1. The third-order valence-electron chi connectivity index (χ3n) is 22.4. The summed E-state index contributed by atoms with van der Waals surface area (Å²) in [6.07, 6.45) is 41.4. The van der Waals surface area contributed by atoms with E-state index in [1.165, 1.54) is 169 Å². The van der Waals surface area contributed by atoms with Crippen LogP contribution in [0.25, 0.3) is 44.5 Å². The van der Waals surface area contributed by atoms with E-state index in [4.69, 9.17) is 24.6 Å². The number of hydrogen-bond acceptors (Lipinski definition) is 8. The Morgan fingerprint density at radius 2 is 0.449 bits per heavy atom. The highest BCUT2D eigenvalue weighted by Gasteiger charge is 2.18. The van der Waals surface area contributed by atoms with Crippen LogP contribution in [0.5, 0.6) is 17.2 Å². The predicted octanol–water partition coefficient (Wildman–Crippen LogP) is 31.9. The quantitative estimate of drug-likeness (QED) is 0.0221. The van der Waals surface area contributed by atoms with Crippen molar-refractivity contribution in [1.29, 1.82) is 5.26 Å². The van der Waals surface area contributed by atoms with Crippen molar-refractivity contribution in [3.63, 3.8) is 0 Å². The average molecular weight is 1720 g/mol.